The Labute approximate surface area is 131 Å². The monoisotopic (exact) mass is 318 g/mol. The second-order valence-corrected chi connectivity index (χ2v) is 6.45. The van der Waals surface area contributed by atoms with Crippen molar-refractivity contribution in [3.63, 3.8) is 0 Å². The van der Waals surface area contributed by atoms with Crippen LogP contribution in [0.3, 0.4) is 0 Å². The Kier molecular flexibility index (Phi) is 3.85. The molecule has 1 heterocycles. The minimum Gasteiger partial charge on any atom is -0.387 e. The zero-order chi connectivity index (χ0) is 15.0. The van der Waals surface area contributed by atoms with E-state index in [0.717, 1.165) is 21.3 Å². The molecule has 21 heavy (non-hydrogen) atoms. The molecule has 3 nitrogen and oxygen atoms in total. The average Bonchev–Trinajstić information content (AvgIpc) is 2.78. The van der Waals surface area contributed by atoms with Gasteiger partial charge in [0.05, 0.1) is 22.9 Å². The van der Waals surface area contributed by atoms with Gasteiger partial charge in [-0.15, -0.1) is 0 Å². The summed E-state index contributed by atoms with van der Waals surface area (Å²) in [4.78, 5) is 0.445. The number of para-hydroxylation sites is 1. The number of halogens is 1. The Morgan fingerprint density at radius 3 is 2.81 bits per heavy atom. The lowest BCUT2D eigenvalue weighted by Crippen LogP contribution is -2.18. The Balaban J connectivity index is 1.96. The molecule has 1 atom stereocenters. The van der Waals surface area contributed by atoms with Crippen molar-refractivity contribution >= 4 is 33.2 Å². The molecule has 0 radical (unpaired) electrons. The van der Waals surface area contributed by atoms with E-state index in [2.05, 4.69) is 0 Å². The number of fused-ring (bicyclic) bond motifs is 1. The lowest BCUT2D eigenvalue weighted by Gasteiger charge is -2.14. The predicted octanol–water partition coefficient (Wildman–Crippen LogP) is 3.88. The second-order valence-electron chi connectivity index (χ2n) is 5.01. The zero-order valence-corrected chi connectivity index (χ0v) is 13.1. The topological polar surface area (TPSA) is 49.0 Å². The maximum atomic E-state index is 10.4. The predicted molar refractivity (Wildman–Crippen MR) is 86.8 cm³/mol. The Morgan fingerprint density at radius 2 is 2.05 bits per heavy atom. The molecule has 2 N–H and O–H groups in total. The van der Waals surface area contributed by atoms with E-state index in [1.807, 2.05) is 47.9 Å². The van der Waals surface area contributed by atoms with E-state index in [-0.39, 0.29) is 0 Å². The minimum atomic E-state index is -0.659. The van der Waals surface area contributed by atoms with Crippen LogP contribution in [-0.4, -0.2) is 9.67 Å². The molecule has 3 rings (SSSR count). The largest absolute Gasteiger partial charge is 0.387 e. The molecule has 2 aromatic carbocycles. The van der Waals surface area contributed by atoms with Crippen molar-refractivity contribution in [2.75, 3.05) is 0 Å². The normalized spacial score (nSPS) is 12.7. The van der Waals surface area contributed by atoms with E-state index in [1.54, 1.807) is 6.07 Å². The van der Waals surface area contributed by atoms with Crippen LogP contribution < -0.4 is 4.80 Å². The first kappa shape index (κ1) is 14.3. The summed E-state index contributed by atoms with van der Waals surface area (Å²) in [5, 5.41) is 19.2. The summed E-state index contributed by atoms with van der Waals surface area (Å²) in [7, 11) is 0. The molecule has 108 valence electrons. The Morgan fingerprint density at radius 1 is 1.29 bits per heavy atom. The van der Waals surface area contributed by atoms with Gasteiger partial charge in [0.25, 0.3) is 0 Å². The molecule has 3 aromatic rings. The highest BCUT2D eigenvalue weighted by molar-refractivity contribution is 7.16. The van der Waals surface area contributed by atoms with E-state index in [9.17, 15) is 5.11 Å². The lowest BCUT2D eigenvalue weighted by atomic mass is 10.1. The van der Waals surface area contributed by atoms with Gasteiger partial charge in [-0.1, -0.05) is 47.2 Å². The number of aryl methyl sites for hydroxylation is 1. The number of aliphatic hydroxyl groups excluding tert-OH is 1. The third-order valence-electron chi connectivity index (χ3n) is 3.53. The van der Waals surface area contributed by atoms with Gasteiger partial charge < -0.3 is 9.67 Å². The summed E-state index contributed by atoms with van der Waals surface area (Å²) in [5.74, 6) is 0. The molecule has 0 spiro atoms. The molecule has 0 aliphatic carbocycles. The van der Waals surface area contributed by atoms with E-state index >= 15 is 0 Å². The number of nitrogens with zero attached hydrogens (tertiary/aromatic N) is 1. The van der Waals surface area contributed by atoms with E-state index in [1.165, 1.54) is 11.3 Å². The van der Waals surface area contributed by atoms with Gasteiger partial charge in [-0.2, -0.15) is 0 Å². The summed E-state index contributed by atoms with van der Waals surface area (Å²) in [6.07, 6.45) is -0.659. The molecule has 0 aliphatic heterocycles. The van der Waals surface area contributed by atoms with Crippen LogP contribution in [0.5, 0.6) is 0 Å². The smallest absolute Gasteiger partial charge is 0.183 e. The van der Waals surface area contributed by atoms with Crippen molar-refractivity contribution in [2.45, 2.75) is 19.6 Å². The summed E-state index contributed by atoms with van der Waals surface area (Å²) >= 11 is 7.44. The van der Waals surface area contributed by atoms with Gasteiger partial charge in [-0.3, -0.25) is 5.41 Å². The van der Waals surface area contributed by atoms with Gasteiger partial charge >= 0.3 is 0 Å². The molecule has 0 saturated carbocycles. The maximum Gasteiger partial charge on any atom is 0.183 e. The van der Waals surface area contributed by atoms with E-state index in [4.69, 9.17) is 17.0 Å². The SMILES string of the molecule is Cc1cc(C(O)Cn2c(=N)sc3ccccc32)ccc1Cl. The summed E-state index contributed by atoms with van der Waals surface area (Å²) in [6.45, 7) is 2.28. The van der Waals surface area contributed by atoms with Gasteiger partial charge in [0.1, 0.15) is 0 Å². The van der Waals surface area contributed by atoms with Crippen molar-refractivity contribution in [3.05, 3.63) is 63.4 Å². The van der Waals surface area contributed by atoms with Gasteiger partial charge in [0.2, 0.25) is 0 Å². The first-order valence-electron chi connectivity index (χ1n) is 6.63. The Bertz CT molecular complexity index is 853. The number of hydrogen-bond acceptors (Lipinski definition) is 3. The number of rotatable bonds is 3. The van der Waals surface area contributed by atoms with Gasteiger partial charge in [-0.25, -0.2) is 0 Å². The van der Waals surface area contributed by atoms with Crippen LogP contribution in [0.1, 0.15) is 17.2 Å². The van der Waals surface area contributed by atoms with Crippen molar-refractivity contribution in [1.82, 2.24) is 4.57 Å². The number of benzene rings is 2. The van der Waals surface area contributed by atoms with E-state index in [0.29, 0.717) is 16.4 Å². The number of nitrogens with one attached hydrogen (secondary N) is 1. The Hall–Kier alpha value is -1.62. The highest BCUT2D eigenvalue weighted by Gasteiger charge is 2.13. The van der Waals surface area contributed by atoms with Crippen molar-refractivity contribution in [2.24, 2.45) is 0 Å². The molecular weight excluding hydrogens is 304 g/mol. The molecule has 1 aromatic heterocycles. The fourth-order valence-electron chi connectivity index (χ4n) is 2.37. The van der Waals surface area contributed by atoms with E-state index < -0.39 is 6.10 Å². The minimum absolute atomic E-state index is 0.365. The number of hydrogen-bond donors (Lipinski definition) is 2. The highest BCUT2D eigenvalue weighted by atomic mass is 35.5. The average molecular weight is 319 g/mol. The van der Waals surface area contributed by atoms with Gasteiger partial charge in [0.15, 0.2) is 4.80 Å². The second kappa shape index (κ2) is 5.64. The highest BCUT2D eigenvalue weighted by Crippen LogP contribution is 2.23. The summed E-state index contributed by atoms with van der Waals surface area (Å²) in [6, 6.07) is 13.4. The van der Waals surface area contributed by atoms with Crippen LogP contribution in [0.25, 0.3) is 10.2 Å². The molecule has 1 unspecified atom stereocenters. The molecule has 0 bridgehead atoms. The zero-order valence-electron chi connectivity index (χ0n) is 11.5. The summed E-state index contributed by atoms with van der Waals surface area (Å²) in [5.41, 5.74) is 2.75. The third kappa shape index (κ3) is 2.75. The number of aromatic nitrogens is 1. The van der Waals surface area contributed by atoms with Crippen molar-refractivity contribution < 1.29 is 5.11 Å². The number of thiazole rings is 1. The fourth-order valence-corrected chi connectivity index (χ4v) is 3.41. The summed E-state index contributed by atoms with van der Waals surface area (Å²) < 4.78 is 2.90. The fraction of sp³-hybridized carbons (Fsp3) is 0.188. The molecule has 5 heteroatoms. The van der Waals surface area contributed by atoms with Crippen LogP contribution in [0.2, 0.25) is 5.02 Å². The molecule has 0 saturated heterocycles. The molecule has 0 fully saturated rings. The maximum absolute atomic E-state index is 10.4. The standard InChI is InChI=1S/C16H15ClN2OS/c1-10-8-11(6-7-12(10)17)14(20)9-19-13-4-2-3-5-15(13)21-16(19)18/h2-8,14,18,20H,9H2,1H3. The molecular formula is C16H15ClN2OS. The van der Waals surface area contributed by atoms with Crippen LogP contribution in [0, 0.1) is 12.3 Å². The molecule has 0 aliphatic rings. The number of aliphatic hydroxyl groups is 1. The molecule has 0 amide bonds. The lowest BCUT2D eigenvalue weighted by molar-refractivity contribution is 0.157. The van der Waals surface area contributed by atoms with Crippen molar-refractivity contribution in [3.8, 4) is 0 Å². The van der Waals surface area contributed by atoms with Crippen molar-refractivity contribution in [1.29, 1.82) is 5.41 Å². The van der Waals surface area contributed by atoms with Crippen LogP contribution in [0.4, 0.5) is 0 Å². The first-order valence-corrected chi connectivity index (χ1v) is 7.83. The van der Waals surface area contributed by atoms with Crippen LogP contribution in [0.15, 0.2) is 42.5 Å². The van der Waals surface area contributed by atoms with Crippen LogP contribution >= 0.6 is 22.9 Å². The van der Waals surface area contributed by atoms with Gasteiger partial charge in [-0.05, 0) is 36.2 Å². The first-order chi connectivity index (χ1) is 10.1. The quantitative estimate of drug-likeness (QED) is 0.756. The van der Waals surface area contributed by atoms with Gasteiger partial charge in [0, 0.05) is 5.02 Å². The van der Waals surface area contributed by atoms with Crippen LogP contribution in [-0.2, 0) is 6.54 Å². The third-order valence-corrected chi connectivity index (χ3v) is 4.93.